The van der Waals surface area contributed by atoms with Crippen LogP contribution < -0.4 is 5.32 Å². The average molecular weight is 364 g/mol. The summed E-state index contributed by atoms with van der Waals surface area (Å²) in [5.74, 6) is 0.822. The number of hydrogen-bond donors (Lipinski definition) is 1. The maximum absolute atomic E-state index is 5.98. The SMILES string of the molecule is Clc1ccc(Cc2nsc(NCCc3cccc(Cl)c3)n2)cc1. The Kier molecular flexibility index (Phi) is 5.49. The van der Waals surface area contributed by atoms with Crippen molar-refractivity contribution in [2.75, 3.05) is 11.9 Å². The summed E-state index contributed by atoms with van der Waals surface area (Å²) in [5.41, 5.74) is 2.36. The Hall–Kier alpha value is -1.62. The normalized spacial score (nSPS) is 10.7. The summed E-state index contributed by atoms with van der Waals surface area (Å²) in [6.07, 6.45) is 1.61. The second-order valence-corrected chi connectivity index (χ2v) is 6.75. The van der Waals surface area contributed by atoms with Crippen molar-refractivity contribution < 1.29 is 0 Å². The molecule has 0 saturated carbocycles. The average Bonchev–Trinajstić information content (AvgIpc) is 2.97. The second-order valence-electron chi connectivity index (χ2n) is 5.13. The fourth-order valence-electron chi connectivity index (χ4n) is 2.19. The monoisotopic (exact) mass is 363 g/mol. The summed E-state index contributed by atoms with van der Waals surface area (Å²) >= 11 is 13.3. The molecule has 23 heavy (non-hydrogen) atoms. The third-order valence-corrected chi connectivity index (χ3v) is 4.52. The van der Waals surface area contributed by atoms with E-state index in [0.29, 0.717) is 6.42 Å². The van der Waals surface area contributed by atoms with Gasteiger partial charge in [0.05, 0.1) is 0 Å². The van der Waals surface area contributed by atoms with Gasteiger partial charge in [-0.2, -0.15) is 4.37 Å². The number of nitrogens with one attached hydrogen (secondary N) is 1. The van der Waals surface area contributed by atoms with Crippen molar-refractivity contribution in [3.8, 4) is 0 Å². The molecule has 1 N–H and O–H groups in total. The molecular weight excluding hydrogens is 349 g/mol. The maximum Gasteiger partial charge on any atom is 0.202 e. The van der Waals surface area contributed by atoms with E-state index in [0.717, 1.165) is 39.5 Å². The molecule has 0 unspecified atom stereocenters. The van der Waals surface area contributed by atoms with Gasteiger partial charge in [0, 0.05) is 34.5 Å². The Morgan fingerprint density at radius 1 is 0.957 bits per heavy atom. The third-order valence-electron chi connectivity index (χ3n) is 3.32. The summed E-state index contributed by atoms with van der Waals surface area (Å²) < 4.78 is 4.39. The maximum atomic E-state index is 5.98. The lowest BCUT2D eigenvalue weighted by Gasteiger charge is -2.03. The van der Waals surface area contributed by atoms with Gasteiger partial charge < -0.3 is 5.32 Å². The first kappa shape index (κ1) is 16.2. The summed E-state index contributed by atoms with van der Waals surface area (Å²) in [5, 5.41) is 5.66. The van der Waals surface area contributed by atoms with Crippen LogP contribution in [0.3, 0.4) is 0 Å². The number of aromatic nitrogens is 2. The predicted molar refractivity (Wildman–Crippen MR) is 97.8 cm³/mol. The van der Waals surface area contributed by atoms with Crippen LogP contribution in [0.2, 0.25) is 10.0 Å². The Balaban J connectivity index is 1.52. The second kappa shape index (κ2) is 7.77. The minimum Gasteiger partial charge on any atom is -0.360 e. The van der Waals surface area contributed by atoms with Crippen molar-refractivity contribution in [3.63, 3.8) is 0 Å². The Morgan fingerprint density at radius 3 is 2.57 bits per heavy atom. The molecule has 0 aliphatic carbocycles. The van der Waals surface area contributed by atoms with Gasteiger partial charge in [-0.05, 0) is 41.8 Å². The number of anilines is 1. The molecule has 0 saturated heterocycles. The number of rotatable bonds is 6. The third kappa shape index (κ3) is 4.93. The van der Waals surface area contributed by atoms with Gasteiger partial charge in [-0.3, -0.25) is 0 Å². The molecule has 0 spiro atoms. The topological polar surface area (TPSA) is 37.8 Å². The van der Waals surface area contributed by atoms with E-state index in [9.17, 15) is 0 Å². The molecule has 3 rings (SSSR count). The van der Waals surface area contributed by atoms with Crippen molar-refractivity contribution in [2.45, 2.75) is 12.8 Å². The molecule has 1 aromatic heterocycles. The van der Waals surface area contributed by atoms with Gasteiger partial charge in [-0.1, -0.05) is 47.5 Å². The van der Waals surface area contributed by atoms with Crippen LogP contribution in [0.5, 0.6) is 0 Å². The molecule has 3 aromatic rings. The Bertz CT molecular complexity index is 772. The molecule has 0 fully saturated rings. The zero-order valence-corrected chi connectivity index (χ0v) is 14.6. The molecule has 0 aliphatic heterocycles. The lowest BCUT2D eigenvalue weighted by molar-refractivity contribution is 0.995. The lowest BCUT2D eigenvalue weighted by atomic mass is 10.1. The fourth-order valence-corrected chi connectivity index (χ4v) is 3.14. The van der Waals surface area contributed by atoms with Gasteiger partial charge in [0.25, 0.3) is 0 Å². The van der Waals surface area contributed by atoms with Crippen LogP contribution in [0, 0.1) is 0 Å². The van der Waals surface area contributed by atoms with Gasteiger partial charge >= 0.3 is 0 Å². The number of nitrogens with zero attached hydrogens (tertiary/aromatic N) is 2. The summed E-state index contributed by atoms with van der Waals surface area (Å²) in [4.78, 5) is 4.51. The van der Waals surface area contributed by atoms with Gasteiger partial charge in [0.1, 0.15) is 5.82 Å². The zero-order chi connectivity index (χ0) is 16.1. The van der Waals surface area contributed by atoms with E-state index in [1.165, 1.54) is 17.1 Å². The van der Waals surface area contributed by atoms with Gasteiger partial charge in [0.2, 0.25) is 5.13 Å². The van der Waals surface area contributed by atoms with E-state index in [4.69, 9.17) is 23.2 Å². The lowest BCUT2D eigenvalue weighted by Crippen LogP contribution is -2.04. The van der Waals surface area contributed by atoms with Crippen LogP contribution in [-0.2, 0) is 12.8 Å². The molecule has 118 valence electrons. The number of hydrogen-bond acceptors (Lipinski definition) is 4. The standard InChI is InChI=1S/C17H15Cl2N3S/c18-14-6-4-13(5-7-14)11-16-21-17(23-22-16)20-9-8-12-2-1-3-15(19)10-12/h1-7,10H,8-9,11H2,(H,20,21,22). The van der Waals surface area contributed by atoms with Crippen LogP contribution in [0.4, 0.5) is 5.13 Å². The zero-order valence-electron chi connectivity index (χ0n) is 12.3. The van der Waals surface area contributed by atoms with Gasteiger partial charge in [-0.25, -0.2) is 4.98 Å². The Labute approximate surface area is 149 Å². The number of benzene rings is 2. The van der Waals surface area contributed by atoms with E-state index in [2.05, 4.69) is 20.7 Å². The highest BCUT2D eigenvalue weighted by Crippen LogP contribution is 2.16. The van der Waals surface area contributed by atoms with E-state index in [1.807, 2.05) is 42.5 Å². The highest BCUT2D eigenvalue weighted by molar-refractivity contribution is 7.09. The van der Waals surface area contributed by atoms with Crippen molar-refractivity contribution in [1.82, 2.24) is 9.36 Å². The first-order valence-electron chi connectivity index (χ1n) is 7.24. The first-order valence-corrected chi connectivity index (χ1v) is 8.77. The molecule has 0 atom stereocenters. The smallest absolute Gasteiger partial charge is 0.202 e. The van der Waals surface area contributed by atoms with Crippen molar-refractivity contribution >= 4 is 39.9 Å². The van der Waals surface area contributed by atoms with Crippen LogP contribution in [0.15, 0.2) is 48.5 Å². The highest BCUT2D eigenvalue weighted by Gasteiger charge is 2.05. The van der Waals surface area contributed by atoms with Crippen molar-refractivity contribution in [3.05, 3.63) is 75.5 Å². The number of halogens is 2. The van der Waals surface area contributed by atoms with E-state index in [1.54, 1.807) is 0 Å². The van der Waals surface area contributed by atoms with Crippen LogP contribution in [0.25, 0.3) is 0 Å². The molecule has 2 aromatic carbocycles. The van der Waals surface area contributed by atoms with E-state index >= 15 is 0 Å². The van der Waals surface area contributed by atoms with E-state index in [-0.39, 0.29) is 0 Å². The van der Waals surface area contributed by atoms with Crippen molar-refractivity contribution in [1.29, 1.82) is 0 Å². The molecule has 0 bridgehead atoms. The van der Waals surface area contributed by atoms with Crippen LogP contribution in [-0.4, -0.2) is 15.9 Å². The summed E-state index contributed by atoms with van der Waals surface area (Å²) in [6.45, 7) is 0.802. The van der Waals surface area contributed by atoms with Crippen molar-refractivity contribution in [2.24, 2.45) is 0 Å². The predicted octanol–water partition coefficient (Wildman–Crippen LogP) is 5.09. The van der Waals surface area contributed by atoms with Crippen LogP contribution in [0.1, 0.15) is 17.0 Å². The summed E-state index contributed by atoms with van der Waals surface area (Å²) in [7, 11) is 0. The molecule has 0 amide bonds. The summed E-state index contributed by atoms with van der Waals surface area (Å²) in [6, 6.07) is 15.7. The quantitative estimate of drug-likeness (QED) is 0.662. The molecule has 0 aliphatic rings. The minimum absolute atomic E-state index is 0.712. The van der Waals surface area contributed by atoms with E-state index < -0.39 is 0 Å². The Morgan fingerprint density at radius 2 is 1.78 bits per heavy atom. The van der Waals surface area contributed by atoms with Gasteiger partial charge in [0.15, 0.2) is 0 Å². The van der Waals surface area contributed by atoms with Gasteiger partial charge in [-0.15, -0.1) is 0 Å². The molecule has 6 heteroatoms. The first-order chi connectivity index (χ1) is 11.2. The molecular formula is C17H15Cl2N3S. The largest absolute Gasteiger partial charge is 0.360 e. The highest BCUT2D eigenvalue weighted by atomic mass is 35.5. The fraction of sp³-hybridized carbons (Fsp3) is 0.176. The molecule has 3 nitrogen and oxygen atoms in total. The molecule has 1 heterocycles. The molecule has 0 radical (unpaired) electrons. The minimum atomic E-state index is 0.712. The van der Waals surface area contributed by atoms with Crippen LogP contribution >= 0.6 is 34.7 Å².